The maximum Gasteiger partial charge on any atom is 0.270 e. The Labute approximate surface area is 159 Å². The average Bonchev–Trinajstić information content (AvgIpc) is 2.68. The Morgan fingerprint density at radius 3 is 2.33 bits per heavy atom. The summed E-state index contributed by atoms with van der Waals surface area (Å²) in [6, 6.07) is 15.4. The number of anilines is 1. The van der Waals surface area contributed by atoms with Crippen molar-refractivity contribution in [3.63, 3.8) is 0 Å². The summed E-state index contributed by atoms with van der Waals surface area (Å²) in [7, 11) is 0. The van der Waals surface area contributed by atoms with Gasteiger partial charge in [0.2, 0.25) is 0 Å². The van der Waals surface area contributed by atoms with Crippen LogP contribution in [0.2, 0.25) is 0 Å². The molecule has 1 aliphatic rings. The van der Waals surface area contributed by atoms with Gasteiger partial charge in [-0.25, -0.2) is 0 Å². The van der Waals surface area contributed by atoms with E-state index in [1.165, 1.54) is 23.3 Å². The van der Waals surface area contributed by atoms with Gasteiger partial charge in [-0.3, -0.25) is 15.0 Å². The van der Waals surface area contributed by atoms with Gasteiger partial charge in [0.1, 0.15) is 6.07 Å². The fraction of sp³-hybridized carbons (Fsp3) is 0.381. The van der Waals surface area contributed by atoms with Crippen LogP contribution in [0.25, 0.3) is 0 Å². The zero-order chi connectivity index (χ0) is 19.4. The highest BCUT2D eigenvalue weighted by atomic mass is 16.6. The van der Waals surface area contributed by atoms with Crippen LogP contribution in [0, 0.1) is 21.4 Å². The van der Waals surface area contributed by atoms with Crippen LogP contribution in [0.3, 0.4) is 0 Å². The second-order valence-corrected chi connectivity index (χ2v) is 7.23. The number of non-ortho nitro benzene ring substituents is 1. The molecule has 6 heteroatoms. The van der Waals surface area contributed by atoms with Crippen molar-refractivity contribution < 1.29 is 4.92 Å². The van der Waals surface area contributed by atoms with E-state index in [1.54, 1.807) is 6.07 Å². The van der Waals surface area contributed by atoms with E-state index in [9.17, 15) is 15.4 Å². The number of rotatable bonds is 5. The lowest BCUT2D eigenvalue weighted by Gasteiger charge is -2.36. The Morgan fingerprint density at radius 2 is 1.78 bits per heavy atom. The van der Waals surface area contributed by atoms with Crippen molar-refractivity contribution >= 4 is 11.4 Å². The molecule has 1 heterocycles. The molecule has 0 aromatic heterocycles. The minimum absolute atomic E-state index is 0.0428. The first kappa shape index (κ1) is 18.9. The van der Waals surface area contributed by atoms with Crippen LogP contribution in [-0.4, -0.2) is 36.0 Å². The number of benzene rings is 2. The van der Waals surface area contributed by atoms with Gasteiger partial charge in [0.15, 0.2) is 0 Å². The third kappa shape index (κ3) is 4.44. The number of nitro groups is 1. The number of nitro benzene ring substituents is 1. The van der Waals surface area contributed by atoms with Gasteiger partial charge >= 0.3 is 0 Å². The fourth-order valence-electron chi connectivity index (χ4n) is 3.42. The number of piperazine rings is 1. The Bertz CT molecular complexity index is 847. The van der Waals surface area contributed by atoms with Gasteiger partial charge in [-0.2, -0.15) is 5.26 Å². The van der Waals surface area contributed by atoms with Crippen LogP contribution in [0.4, 0.5) is 11.4 Å². The molecule has 0 unspecified atom stereocenters. The molecule has 0 bridgehead atoms. The highest BCUT2D eigenvalue weighted by Gasteiger charge is 2.21. The first-order valence-corrected chi connectivity index (χ1v) is 9.22. The molecule has 0 N–H and O–H groups in total. The van der Waals surface area contributed by atoms with Crippen LogP contribution >= 0.6 is 0 Å². The van der Waals surface area contributed by atoms with Crippen molar-refractivity contribution in [2.24, 2.45) is 0 Å². The number of hydrogen-bond acceptors (Lipinski definition) is 5. The van der Waals surface area contributed by atoms with Gasteiger partial charge in [-0.15, -0.1) is 0 Å². The number of nitriles is 1. The minimum atomic E-state index is -0.465. The molecular weight excluding hydrogens is 340 g/mol. The molecule has 2 aromatic carbocycles. The van der Waals surface area contributed by atoms with Crippen LogP contribution < -0.4 is 4.90 Å². The predicted molar refractivity (Wildman–Crippen MR) is 106 cm³/mol. The Balaban J connectivity index is 1.62. The molecule has 0 atom stereocenters. The molecule has 0 aliphatic carbocycles. The highest BCUT2D eigenvalue weighted by Crippen LogP contribution is 2.26. The molecule has 1 saturated heterocycles. The van der Waals surface area contributed by atoms with E-state index in [0.29, 0.717) is 11.5 Å². The van der Waals surface area contributed by atoms with Crippen LogP contribution in [0.1, 0.15) is 36.5 Å². The molecule has 0 saturated carbocycles. The molecule has 6 nitrogen and oxygen atoms in total. The molecule has 140 valence electrons. The quantitative estimate of drug-likeness (QED) is 0.594. The molecule has 0 radical (unpaired) electrons. The van der Waals surface area contributed by atoms with Gasteiger partial charge in [-0.05, 0) is 23.1 Å². The van der Waals surface area contributed by atoms with Gasteiger partial charge < -0.3 is 4.90 Å². The first-order chi connectivity index (χ1) is 13.0. The van der Waals surface area contributed by atoms with Gasteiger partial charge in [-0.1, -0.05) is 38.1 Å². The third-order valence-corrected chi connectivity index (χ3v) is 5.08. The minimum Gasteiger partial charge on any atom is -0.368 e. The van der Waals surface area contributed by atoms with E-state index < -0.39 is 4.92 Å². The zero-order valence-corrected chi connectivity index (χ0v) is 15.8. The summed E-state index contributed by atoms with van der Waals surface area (Å²) in [4.78, 5) is 15.0. The molecule has 1 aliphatic heterocycles. The van der Waals surface area contributed by atoms with Crippen molar-refractivity contribution in [3.05, 3.63) is 69.3 Å². The molecule has 0 amide bonds. The van der Waals surface area contributed by atoms with Gasteiger partial charge in [0, 0.05) is 44.9 Å². The van der Waals surface area contributed by atoms with Crippen molar-refractivity contribution in [2.75, 3.05) is 31.1 Å². The summed E-state index contributed by atoms with van der Waals surface area (Å²) in [5, 5.41) is 20.3. The maximum atomic E-state index is 10.9. The zero-order valence-electron chi connectivity index (χ0n) is 15.8. The second-order valence-electron chi connectivity index (χ2n) is 7.23. The predicted octanol–water partition coefficient (Wildman–Crippen LogP) is 3.91. The SMILES string of the molecule is CC(C)c1ccc(CN2CCN(c3ccc([N+](=O)[O-])cc3C#N)CC2)cc1. The van der Waals surface area contributed by atoms with E-state index in [2.05, 4.69) is 54.0 Å². The average molecular weight is 364 g/mol. The van der Waals surface area contributed by atoms with Crippen molar-refractivity contribution in [1.29, 1.82) is 5.26 Å². The largest absolute Gasteiger partial charge is 0.368 e. The summed E-state index contributed by atoms with van der Waals surface area (Å²) in [5.41, 5.74) is 3.76. The van der Waals surface area contributed by atoms with Gasteiger partial charge in [0.05, 0.1) is 16.2 Å². The number of nitrogens with zero attached hydrogens (tertiary/aromatic N) is 4. The molecule has 0 spiro atoms. The summed E-state index contributed by atoms with van der Waals surface area (Å²) >= 11 is 0. The highest BCUT2D eigenvalue weighted by molar-refractivity contribution is 5.63. The Morgan fingerprint density at radius 1 is 1.11 bits per heavy atom. The van der Waals surface area contributed by atoms with Crippen LogP contribution in [0.5, 0.6) is 0 Å². The monoisotopic (exact) mass is 364 g/mol. The molecule has 3 rings (SSSR count). The smallest absolute Gasteiger partial charge is 0.270 e. The van der Waals surface area contributed by atoms with E-state index in [4.69, 9.17) is 0 Å². The topological polar surface area (TPSA) is 73.4 Å². The number of hydrogen-bond donors (Lipinski definition) is 0. The van der Waals surface area contributed by atoms with Crippen LogP contribution in [-0.2, 0) is 6.54 Å². The summed E-state index contributed by atoms with van der Waals surface area (Å²) in [6.45, 7) is 8.70. The second kappa shape index (κ2) is 8.19. The normalized spacial score (nSPS) is 15.0. The standard InChI is InChI=1S/C21H24N4O2/c1-16(2)18-5-3-17(4-6-18)15-23-9-11-24(12-10-23)21-8-7-20(25(26)27)13-19(21)14-22/h3-8,13,16H,9-12,15H2,1-2H3. The van der Waals surface area contributed by atoms with E-state index in [1.807, 2.05) is 0 Å². The van der Waals surface area contributed by atoms with Gasteiger partial charge in [0.25, 0.3) is 5.69 Å². The summed E-state index contributed by atoms with van der Waals surface area (Å²) < 4.78 is 0. The van der Waals surface area contributed by atoms with Crippen molar-refractivity contribution in [2.45, 2.75) is 26.3 Å². The van der Waals surface area contributed by atoms with E-state index in [-0.39, 0.29) is 5.69 Å². The van der Waals surface area contributed by atoms with E-state index in [0.717, 1.165) is 38.4 Å². The molecule has 2 aromatic rings. The van der Waals surface area contributed by atoms with Crippen molar-refractivity contribution in [1.82, 2.24) is 4.90 Å². The third-order valence-electron chi connectivity index (χ3n) is 5.08. The molecule has 27 heavy (non-hydrogen) atoms. The summed E-state index contributed by atoms with van der Waals surface area (Å²) in [5.74, 6) is 0.540. The summed E-state index contributed by atoms with van der Waals surface area (Å²) in [6.07, 6.45) is 0. The Kier molecular flexibility index (Phi) is 5.72. The lowest BCUT2D eigenvalue weighted by atomic mass is 10.0. The van der Waals surface area contributed by atoms with E-state index >= 15 is 0 Å². The fourth-order valence-corrected chi connectivity index (χ4v) is 3.42. The van der Waals surface area contributed by atoms with Crippen molar-refractivity contribution in [3.8, 4) is 6.07 Å². The lowest BCUT2D eigenvalue weighted by Crippen LogP contribution is -2.46. The maximum absolute atomic E-state index is 10.9. The Hall–Kier alpha value is -2.91. The lowest BCUT2D eigenvalue weighted by molar-refractivity contribution is -0.384. The molecular formula is C21H24N4O2. The van der Waals surface area contributed by atoms with Crippen LogP contribution in [0.15, 0.2) is 42.5 Å². The first-order valence-electron chi connectivity index (χ1n) is 9.22. The molecule has 1 fully saturated rings.